The molecule has 2 fully saturated rings. The van der Waals surface area contributed by atoms with Gasteiger partial charge in [0.2, 0.25) is 0 Å². The van der Waals surface area contributed by atoms with Crippen LogP contribution in [-0.4, -0.2) is 67.3 Å². The lowest BCUT2D eigenvalue weighted by molar-refractivity contribution is 0.0663. The lowest BCUT2D eigenvalue weighted by atomic mass is 10.0. The fourth-order valence-corrected chi connectivity index (χ4v) is 5.11. The van der Waals surface area contributed by atoms with E-state index in [2.05, 4.69) is 15.9 Å². The van der Waals surface area contributed by atoms with Gasteiger partial charge in [-0.15, -0.1) is 11.3 Å². The number of methoxy groups -OCH3 is 1. The molecule has 3 heterocycles. The van der Waals surface area contributed by atoms with Crippen molar-refractivity contribution in [2.24, 2.45) is 0 Å². The molecular weight excluding hydrogens is 472 g/mol. The number of thiophene rings is 1. The lowest BCUT2D eigenvalue weighted by Crippen LogP contribution is -2.47. The Kier molecular flexibility index (Phi) is 6.48. The summed E-state index contributed by atoms with van der Waals surface area (Å²) in [6.45, 7) is 2.08. The molecule has 2 aliphatic rings. The number of amides is 2. The van der Waals surface area contributed by atoms with Crippen LogP contribution >= 0.6 is 27.3 Å². The van der Waals surface area contributed by atoms with Crippen molar-refractivity contribution >= 4 is 39.3 Å². The molecule has 2 saturated heterocycles. The van der Waals surface area contributed by atoms with Gasteiger partial charge in [-0.1, -0.05) is 0 Å². The molecule has 1 unspecified atom stereocenters. The minimum absolute atomic E-state index is 0.0546. The summed E-state index contributed by atoms with van der Waals surface area (Å²) >= 11 is 4.84. The molecule has 1 atom stereocenters. The van der Waals surface area contributed by atoms with Crippen LogP contribution in [0.5, 0.6) is 11.5 Å². The normalized spacial score (nSPS) is 19.7. The van der Waals surface area contributed by atoms with Gasteiger partial charge in [0.1, 0.15) is 18.1 Å². The molecule has 0 aliphatic carbocycles. The highest BCUT2D eigenvalue weighted by Gasteiger charge is 2.38. The predicted molar refractivity (Wildman–Crippen MR) is 116 cm³/mol. The van der Waals surface area contributed by atoms with Crippen LogP contribution in [0.2, 0.25) is 0 Å². The second kappa shape index (κ2) is 9.26. The Morgan fingerprint density at radius 1 is 1.17 bits per heavy atom. The fourth-order valence-electron chi connectivity index (χ4n) is 3.75. The summed E-state index contributed by atoms with van der Waals surface area (Å²) < 4.78 is 17.3. The number of ether oxygens (including phenoxy) is 3. The first-order valence-corrected chi connectivity index (χ1v) is 11.4. The fraction of sp³-hybridized carbons (Fsp3) is 0.429. The van der Waals surface area contributed by atoms with Crippen LogP contribution in [0.25, 0.3) is 0 Å². The Morgan fingerprint density at radius 2 is 1.87 bits per heavy atom. The molecule has 9 heteroatoms. The van der Waals surface area contributed by atoms with Crippen molar-refractivity contribution in [3.8, 4) is 11.5 Å². The first kappa shape index (κ1) is 21.0. The average molecular weight is 495 g/mol. The molecule has 30 heavy (non-hydrogen) atoms. The number of piperidine rings is 1. The number of cyclic esters (lactones) is 1. The van der Waals surface area contributed by atoms with Crippen molar-refractivity contribution in [3.05, 3.63) is 45.1 Å². The van der Waals surface area contributed by atoms with E-state index in [0.29, 0.717) is 32.0 Å². The second-order valence-electron chi connectivity index (χ2n) is 7.27. The smallest absolute Gasteiger partial charge is 0.410 e. The molecule has 2 aromatic rings. The van der Waals surface area contributed by atoms with E-state index in [0.717, 1.165) is 27.3 Å². The zero-order valence-electron chi connectivity index (χ0n) is 16.6. The quantitative estimate of drug-likeness (QED) is 0.606. The summed E-state index contributed by atoms with van der Waals surface area (Å²) in [6, 6.07) is 11.1. The van der Waals surface area contributed by atoms with E-state index in [9.17, 15) is 9.59 Å². The van der Waals surface area contributed by atoms with Gasteiger partial charge in [-0.05, 0) is 65.2 Å². The van der Waals surface area contributed by atoms with E-state index in [-0.39, 0.29) is 24.1 Å². The van der Waals surface area contributed by atoms with Gasteiger partial charge in [0, 0.05) is 19.1 Å². The van der Waals surface area contributed by atoms with Crippen molar-refractivity contribution in [2.75, 3.05) is 33.4 Å². The third-order valence-corrected chi connectivity index (χ3v) is 6.99. The Morgan fingerprint density at radius 3 is 2.50 bits per heavy atom. The Balaban J connectivity index is 1.26. The molecule has 0 N–H and O–H groups in total. The van der Waals surface area contributed by atoms with Gasteiger partial charge in [0.05, 0.1) is 22.3 Å². The standard InChI is InChI=1S/C21H23BrN2O5S/c1-27-15-2-4-16(5-3-15)28-13-17-12-24(21(26)29-17)14-8-10-23(11-9-14)20(25)18-6-7-19(22)30-18/h2-7,14,17H,8-13H2,1H3. The first-order chi connectivity index (χ1) is 14.5. The third kappa shape index (κ3) is 4.73. The highest BCUT2D eigenvalue weighted by Crippen LogP contribution is 2.27. The summed E-state index contributed by atoms with van der Waals surface area (Å²) in [5, 5.41) is 0. The third-order valence-electron chi connectivity index (χ3n) is 5.37. The number of halogens is 1. The van der Waals surface area contributed by atoms with E-state index in [1.807, 2.05) is 41.3 Å². The predicted octanol–water partition coefficient (Wildman–Crippen LogP) is 4.02. The molecule has 0 saturated carbocycles. The molecule has 0 spiro atoms. The van der Waals surface area contributed by atoms with Crippen LogP contribution < -0.4 is 9.47 Å². The van der Waals surface area contributed by atoms with Gasteiger partial charge in [0.25, 0.3) is 5.91 Å². The van der Waals surface area contributed by atoms with Crippen LogP contribution in [0.1, 0.15) is 22.5 Å². The molecule has 2 amide bonds. The Labute approximate surface area is 187 Å². The first-order valence-electron chi connectivity index (χ1n) is 9.82. The van der Waals surface area contributed by atoms with Gasteiger partial charge >= 0.3 is 6.09 Å². The molecule has 160 valence electrons. The maximum absolute atomic E-state index is 12.6. The number of carbonyl (C=O) groups excluding carboxylic acids is 2. The molecular formula is C21H23BrN2O5S. The molecule has 0 bridgehead atoms. The number of hydrogen-bond acceptors (Lipinski definition) is 6. The number of likely N-dealkylation sites (tertiary alicyclic amines) is 1. The molecule has 1 aromatic carbocycles. The van der Waals surface area contributed by atoms with Gasteiger partial charge in [-0.3, -0.25) is 4.79 Å². The van der Waals surface area contributed by atoms with E-state index in [1.54, 1.807) is 12.0 Å². The summed E-state index contributed by atoms with van der Waals surface area (Å²) in [6.07, 6.45) is 0.895. The van der Waals surface area contributed by atoms with Crippen LogP contribution in [0.4, 0.5) is 4.79 Å². The molecule has 7 nitrogen and oxygen atoms in total. The molecule has 1 aromatic heterocycles. The maximum Gasteiger partial charge on any atom is 0.410 e. The van der Waals surface area contributed by atoms with Crippen LogP contribution in [0.3, 0.4) is 0 Å². The van der Waals surface area contributed by atoms with Crippen molar-refractivity contribution in [1.29, 1.82) is 0 Å². The number of benzene rings is 1. The number of rotatable bonds is 6. The second-order valence-corrected chi connectivity index (χ2v) is 9.73. The van der Waals surface area contributed by atoms with Crippen molar-refractivity contribution < 1.29 is 23.8 Å². The summed E-state index contributed by atoms with van der Waals surface area (Å²) in [7, 11) is 1.62. The average Bonchev–Trinajstić information content (AvgIpc) is 3.37. The highest BCUT2D eigenvalue weighted by molar-refractivity contribution is 9.11. The van der Waals surface area contributed by atoms with Crippen molar-refractivity contribution in [2.45, 2.75) is 25.0 Å². The number of carbonyl (C=O) groups is 2. The summed E-state index contributed by atoms with van der Waals surface area (Å²) in [5.74, 6) is 1.52. The Bertz CT molecular complexity index is 895. The summed E-state index contributed by atoms with van der Waals surface area (Å²) in [5.41, 5.74) is 0. The monoisotopic (exact) mass is 494 g/mol. The topological polar surface area (TPSA) is 68.3 Å². The van der Waals surface area contributed by atoms with Gasteiger partial charge < -0.3 is 24.0 Å². The molecule has 0 radical (unpaired) electrons. The van der Waals surface area contributed by atoms with E-state index in [1.165, 1.54) is 11.3 Å². The zero-order chi connectivity index (χ0) is 21.1. The molecule has 4 rings (SSSR count). The molecule has 2 aliphatic heterocycles. The van der Waals surface area contributed by atoms with Crippen molar-refractivity contribution in [3.63, 3.8) is 0 Å². The van der Waals surface area contributed by atoms with Crippen LogP contribution in [0, 0.1) is 0 Å². The minimum atomic E-state index is -0.303. The highest BCUT2D eigenvalue weighted by atomic mass is 79.9. The van der Waals surface area contributed by atoms with E-state index in [4.69, 9.17) is 14.2 Å². The number of hydrogen-bond donors (Lipinski definition) is 0. The van der Waals surface area contributed by atoms with Crippen LogP contribution in [-0.2, 0) is 4.74 Å². The largest absolute Gasteiger partial charge is 0.497 e. The van der Waals surface area contributed by atoms with Gasteiger partial charge in [-0.25, -0.2) is 4.79 Å². The van der Waals surface area contributed by atoms with Crippen molar-refractivity contribution in [1.82, 2.24) is 9.80 Å². The van der Waals surface area contributed by atoms with Gasteiger partial charge in [0.15, 0.2) is 6.10 Å². The zero-order valence-corrected chi connectivity index (χ0v) is 19.0. The SMILES string of the molecule is COc1ccc(OCC2CN(C3CCN(C(=O)c4ccc(Br)s4)CC3)C(=O)O2)cc1. The minimum Gasteiger partial charge on any atom is -0.497 e. The van der Waals surface area contributed by atoms with E-state index < -0.39 is 0 Å². The Hall–Kier alpha value is -2.26. The summed E-state index contributed by atoms with van der Waals surface area (Å²) in [4.78, 5) is 29.3. The number of nitrogens with zero attached hydrogens (tertiary/aromatic N) is 2. The van der Waals surface area contributed by atoms with E-state index >= 15 is 0 Å². The lowest BCUT2D eigenvalue weighted by Gasteiger charge is -2.35. The maximum atomic E-state index is 12.6. The van der Waals surface area contributed by atoms with Gasteiger partial charge in [-0.2, -0.15) is 0 Å². The van der Waals surface area contributed by atoms with Crippen LogP contribution in [0.15, 0.2) is 40.2 Å².